The Balaban J connectivity index is 2.95. The van der Waals surface area contributed by atoms with Gasteiger partial charge in [-0.2, -0.15) is 8.42 Å². The lowest BCUT2D eigenvalue weighted by Crippen LogP contribution is -1.96. The number of rotatable bonds is 1. The van der Waals surface area contributed by atoms with Crippen LogP contribution in [0.1, 0.15) is 0 Å². The van der Waals surface area contributed by atoms with E-state index in [1.54, 1.807) is 12.1 Å². The molecule has 0 saturated carbocycles. The Hall–Kier alpha value is -1.53. The summed E-state index contributed by atoms with van der Waals surface area (Å²) in [5.74, 6) is -0.797. The van der Waals surface area contributed by atoms with E-state index in [9.17, 15) is 8.42 Å². The van der Waals surface area contributed by atoms with E-state index in [2.05, 4.69) is 0 Å². The second-order valence-electron chi connectivity index (χ2n) is 2.71. The van der Waals surface area contributed by atoms with Crippen molar-refractivity contribution in [3.8, 4) is 5.95 Å². The van der Waals surface area contributed by atoms with Crippen molar-refractivity contribution < 1.29 is 22.5 Å². The van der Waals surface area contributed by atoms with Gasteiger partial charge in [0.05, 0.1) is 0 Å². The maximum atomic E-state index is 10.9. The van der Waals surface area contributed by atoms with E-state index in [0.29, 0.717) is 0 Å². The lowest BCUT2D eigenvalue weighted by molar-refractivity contribution is 0.331. The molecule has 14 heavy (non-hydrogen) atoms. The molecule has 0 radical (unpaired) electrons. The molecule has 0 aliphatic rings. The average molecular weight is 214 g/mol. The van der Waals surface area contributed by atoms with E-state index in [-0.39, 0.29) is 11.0 Å². The third kappa shape index (κ3) is 1.24. The number of benzene rings is 1. The normalized spacial score (nSPS) is 12.1. The Kier molecular flexibility index (Phi) is 1.76. The first-order valence-electron chi connectivity index (χ1n) is 3.68. The minimum Gasteiger partial charge on any atom is -0.480 e. The zero-order chi connectivity index (χ0) is 10.3. The minimum atomic E-state index is -4.46. The molecule has 6 heteroatoms. The first-order chi connectivity index (χ1) is 6.50. The van der Waals surface area contributed by atoms with Gasteiger partial charge in [-0.15, -0.1) is 0 Å². The van der Waals surface area contributed by atoms with Gasteiger partial charge in [0.1, 0.15) is 5.58 Å². The first kappa shape index (κ1) is 9.04. The van der Waals surface area contributed by atoms with Crippen LogP contribution in [0.3, 0.4) is 0 Å². The van der Waals surface area contributed by atoms with Crippen LogP contribution < -0.4 is 0 Å². The summed E-state index contributed by atoms with van der Waals surface area (Å²) in [6.45, 7) is 0. The van der Waals surface area contributed by atoms with Crippen LogP contribution in [0.5, 0.6) is 5.95 Å². The van der Waals surface area contributed by atoms with Gasteiger partial charge in [-0.25, -0.2) is 0 Å². The van der Waals surface area contributed by atoms with Crippen LogP contribution in [0.4, 0.5) is 0 Å². The fourth-order valence-corrected chi connectivity index (χ4v) is 1.97. The molecule has 0 spiro atoms. The molecule has 0 amide bonds. The monoisotopic (exact) mass is 214 g/mol. The molecule has 0 atom stereocenters. The summed E-state index contributed by atoms with van der Waals surface area (Å²) < 4.78 is 35.3. The molecule has 2 rings (SSSR count). The molecule has 0 saturated heterocycles. The van der Waals surface area contributed by atoms with Crippen LogP contribution in [-0.2, 0) is 10.1 Å². The van der Waals surface area contributed by atoms with E-state index in [1.165, 1.54) is 12.1 Å². The zero-order valence-corrected chi connectivity index (χ0v) is 7.65. The van der Waals surface area contributed by atoms with Crippen LogP contribution in [0.15, 0.2) is 33.6 Å². The molecular weight excluding hydrogens is 208 g/mol. The van der Waals surface area contributed by atoms with Gasteiger partial charge in [0.15, 0.2) is 4.90 Å². The quantitative estimate of drug-likeness (QED) is 0.700. The van der Waals surface area contributed by atoms with E-state index >= 15 is 0 Å². The van der Waals surface area contributed by atoms with Crippen LogP contribution in [0, 0.1) is 0 Å². The maximum Gasteiger partial charge on any atom is 0.305 e. The maximum absolute atomic E-state index is 10.9. The van der Waals surface area contributed by atoms with Crippen molar-refractivity contribution >= 4 is 21.1 Å². The third-order valence-corrected chi connectivity index (χ3v) is 2.70. The fraction of sp³-hybridized carbons (Fsp3) is 0. The topological polar surface area (TPSA) is 87.7 Å². The van der Waals surface area contributed by atoms with E-state index in [1.807, 2.05) is 0 Å². The summed E-state index contributed by atoms with van der Waals surface area (Å²) in [6.07, 6.45) is 0. The summed E-state index contributed by atoms with van der Waals surface area (Å²) >= 11 is 0. The van der Waals surface area contributed by atoms with Crippen molar-refractivity contribution in [1.29, 1.82) is 0 Å². The summed E-state index contributed by atoms with van der Waals surface area (Å²) in [6, 6.07) is 6.12. The number of para-hydroxylation sites is 1. The predicted molar refractivity (Wildman–Crippen MR) is 47.7 cm³/mol. The fourth-order valence-electron chi connectivity index (χ4n) is 1.26. The van der Waals surface area contributed by atoms with Gasteiger partial charge in [0.2, 0.25) is 0 Å². The summed E-state index contributed by atoms with van der Waals surface area (Å²) in [5, 5.41) is 9.32. The SMILES string of the molecule is O=S(=O)(O)c1c(O)oc2ccccc12. The van der Waals surface area contributed by atoms with Crippen LogP contribution in [0.2, 0.25) is 0 Å². The van der Waals surface area contributed by atoms with E-state index in [0.717, 1.165) is 0 Å². The molecule has 0 aliphatic carbocycles. The van der Waals surface area contributed by atoms with Gasteiger partial charge in [-0.3, -0.25) is 4.55 Å². The minimum absolute atomic E-state index is 0.160. The molecule has 2 N–H and O–H groups in total. The van der Waals surface area contributed by atoms with Crippen molar-refractivity contribution in [3.63, 3.8) is 0 Å². The van der Waals surface area contributed by atoms with Crippen LogP contribution in [0.25, 0.3) is 11.0 Å². The zero-order valence-electron chi connectivity index (χ0n) is 6.84. The Morgan fingerprint density at radius 3 is 2.50 bits per heavy atom. The van der Waals surface area contributed by atoms with Crippen molar-refractivity contribution in [3.05, 3.63) is 24.3 Å². The average Bonchev–Trinajstić information content (AvgIpc) is 2.38. The predicted octanol–water partition coefficient (Wildman–Crippen LogP) is 1.39. The van der Waals surface area contributed by atoms with Gasteiger partial charge in [0, 0.05) is 5.39 Å². The van der Waals surface area contributed by atoms with Gasteiger partial charge in [-0.1, -0.05) is 12.1 Å². The first-order valence-corrected chi connectivity index (χ1v) is 5.12. The van der Waals surface area contributed by atoms with E-state index in [4.69, 9.17) is 14.1 Å². The molecule has 0 unspecified atom stereocenters. The molecule has 0 fully saturated rings. The number of aromatic hydroxyl groups is 1. The Labute approximate surface area is 79.3 Å². The molecular formula is C8H6O5S. The molecule has 1 aromatic carbocycles. The van der Waals surface area contributed by atoms with Crippen molar-refractivity contribution in [2.24, 2.45) is 0 Å². The molecule has 74 valence electrons. The van der Waals surface area contributed by atoms with Gasteiger partial charge >= 0.3 is 16.1 Å². The molecule has 0 bridgehead atoms. The summed E-state index contributed by atoms with van der Waals surface area (Å²) in [4.78, 5) is -0.590. The lowest BCUT2D eigenvalue weighted by atomic mass is 10.3. The second-order valence-corrected chi connectivity index (χ2v) is 4.07. The van der Waals surface area contributed by atoms with Crippen molar-refractivity contribution in [1.82, 2.24) is 0 Å². The standard InChI is InChI=1S/C8H6O5S/c9-8-7(14(10,11)12)5-3-1-2-4-6(5)13-8/h1-4,9H,(H,10,11,12). The van der Waals surface area contributed by atoms with Gasteiger partial charge in [0.25, 0.3) is 0 Å². The summed E-state index contributed by atoms with van der Waals surface area (Å²) in [7, 11) is -4.46. The highest BCUT2D eigenvalue weighted by molar-refractivity contribution is 7.86. The number of hydrogen-bond acceptors (Lipinski definition) is 4. The highest BCUT2D eigenvalue weighted by atomic mass is 32.2. The Morgan fingerprint density at radius 2 is 1.86 bits per heavy atom. The number of furan rings is 1. The highest BCUT2D eigenvalue weighted by Gasteiger charge is 2.23. The molecule has 2 aromatic rings. The Morgan fingerprint density at radius 1 is 1.21 bits per heavy atom. The van der Waals surface area contributed by atoms with Crippen LogP contribution >= 0.6 is 0 Å². The van der Waals surface area contributed by atoms with Gasteiger partial charge < -0.3 is 9.52 Å². The third-order valence-electron chi connectivity index (χ3n) is 1.79. The highest BCUT2D eigenvalue weighted by Crippen LogP contribution is 2.33. The largest absolute Gasteiger partial charge is 0.480 e. The van der Waals surface area contributed by atoms with E-state index < -0.39 is 21.0 Å². The summed E-state index contributed by atoms with van der Waals surface area (Å²) in [5.41, 5.74) is 0.206. The second kappa shape index (κ2) is 2.73. The van der Waals surface area contributed by atoms with Crippen molar-refractivity contribution in [2.75, 3.05) is 0 Å². The lowest BCUT2D eigenvalue weighted by Gasteiger charge is -1.91. The van der Waals surface area contributed by atoms with Crippen molar-refractivity contribution in [2.45, 2.75) is 4.90 Å². The Bertz CT molecular complexity index is 581. The molecule has 5 nitrogen and oxygen atoms in total. The smallest absolute Gasteiger partial charge is 0.305 e. The van der Waals surface area contributed by atoms with Gasteiger partial charge in [-0.05, 0) is 12.1 Å². The molecule has 1 aromatic heterocycles. The molecule has 0 aliphatic heterocycles. The number of fused-ring (bicyclic) bond motifs is 1. The number of hydrogen-bond donors (Lipinski definition) is 2. The van der Waals surface area contributed by atoms with Crippen LogP contribution in [-0.4, -0.2) is 18.1 Å². The molecule has 1 heterocycles.